The van der Waals surface area contributed by atoms with Crippen molar-refractivity contribution in [1.82, 2.24) is 9.97 Å². The Hall–Kier alpha value is -2.75. The van der Waals surface area contributed by atoms with Gasteiger partial charge in [0.25, 0.3) is 0 Å². The van der Waals surface area contributed by atoms with Crippen molar-refractivity contribution in [1.29, 1.82) is 0 Å². The van der Waals surface area contributed by atoms with Crippen molar-refractivity contribution in [2.75, 3.05) is 16.8 Å². The van der Waals surface area contributed by atoms with Gasteiger partial charge in [0.1, 0.15) is 5.56 Å². The molecule has 3 rings (SSSR count). The molecule has 168 valence electrons. The number of halogens is 6. The molecule has 0 radical (unpaired) electrons. The van der Waals surface area contributed by atoms with Crippen LogP contribution in [0.3, 0.4) is 0 Å². The standard InChI is InChI=1S/C20H14Cl3F3N4O2/c21-14-4-2-1-3-11(14)7-8-30(19(31)32)17-13(20(24,25)26)10-27-18(29-17)28-12-5-6-15(22)16(23)9-12/h1-6,9-10H,7-8H2,(H,31,32)(H,27,28,29). The van der Waals surface area contributed by atoms with Crippen molar-refractivity contribution in [2.45, 2.75) is 12.6 Å². The van der Waals surface area contributed by atoms with Gasteiger partial charge in [-0.3, -0.25) is 4.90 Å². The lowest BCUT2D eigenvalue weighted by molar-refractivity contribution is -0.137. The van der Waals surface area contributed by atoms with Gasteiger partial charge in [0.2, 0.25) is 5.95 Å². The number of amides is 1. The molecule has 1 aromatic heterocycles. The van der Waals surface area contributed by atoms with Gasteiger partial charge in [0.05, 0.1) is 10.0 Å². The van der Waals surface area contributed by atoms with Crippen LogP contribution >= 0.6 is 34.8 Å². The monoisotopic (exact) mass is 504 g/mol. The quantitative estimate of drug-likeness (QED) is 0.380. The zero-order valence-corrected chi connectivity index (χ0v) is 18.3. The molecule has 0 spiro atoms. The highest BCUT2D eigenvalue weighted by Crippen LogP contribution is 2.36. The molecule has 3 aromatic rings. The molecule has 0 saturated carbocycles. The van der Waals surface area contributed by atoms with Gasteiger partial charge >= 0.3 is 12.3 Å². The maximum atomic E-state index is 13.6. The lowest BCUT2D eigenvalue weighted by Gasteiger charge is -2.22. The van der Waals surface area contributed by atoms with Crippen molar-refractivity contribution < 1.29 is 23.1 Å². The van der Waals surface area contributed by atoms with E-state index in [1.54, 1.807) is 24.3 Å². The molecule has 1 heterocycles. The van der Waals surface area contributed by atoms with E-state index in [0.29, 0.717) is 27.4 Å². The van der Waals surface area contributed by atoms with E-state index in [0.717, 1.165) is 0 Å². The number of aromatic nitrogens is 2. The average molecular weight is 506 g/mol. The van der Waals surface area contributed by atoms with Crippen LogP contribution in [0.5, 0.6) is 0 Å². The van der Waals surface area contributed by atoms with Gasteiger partial charge < -0.3 is 10.4 Å². The van der Waals surface area contributed by atoms with E-state index >= 15 is 0 Å². The Labute approximate surface area is 195 Å². The topological polar surface area (TPSA) is 78.3 Å². The normalized spacial score (nSPS) is 11.3. The summed E-state index contributed by atoms with van der Waals surface area (Å²) in [7, 11) is 0. The van der Waals surface area contributed by atoms with Gasteiger partial charge in [-0.15, -0.1) is 0 Å². The largest absolute Gasteiger partial charge is 0.465 e. The number of carboxylic acid groups (broad SMARTS) is 1. The molecular formula is C20H14Cl3F3N4O2. The van der Waals surface area contributed by atoms with Crippen LogP contribution in [0.1, 0.15) is 11.1 Å². The van der Waals surface area contributed by atoms with Crippen molar-refractivity contribution in [3.63, 3.8) is 0 Å². The third kappa shape index (κ3) is 5.73. The smallest absolute Gasteiger partial charge is 0.421 e. The summed E-state index contributed by atoms with van der Waals surface area (Å²) in [5, 5.41) is 13.2. The Morgan fingerprint density at radius 1 is 1.06 bits per heavy atom. The van der Waals surface area contributed by atoms with E-state index in [9.17, 15) is 23.1 Å². The van der Waals surface area contributed by atoms with Gasteiger partial charge in [-0.25, -0.2) is 9.78 Å². The zero-order valence-electron chi connectivity index (χ0n) is 16.0. The van der Waals surface area contributed by atoms with Gasteiger partial charge in [-0.05, 0) is 36.2 Å². The highest BCUT2D eigenvalue weighted by Gasteiger charge is 2.38. The minimum absolute atomic E-state index is 0.0722. The summed E-state index contributed by atoms with van der Waals surface area (Å²) in [6.45, 7) is -0.314. The Kier molecular flexibility index (Phi) is 7.33. The molecule has 0 saturated heterocycles. The second-order valence-electron chi connectivity index (χ2n) is 6.46. The molecule has 12 heteroatoms. The van der Waals surface area contributed by atoms with E-state index in [1.807, 2.05) is 0 Å². The van der Waals surface area contributed by atoms with E-state index < -0.39 is 23.7 Å². The van der Waals surface area contributed by atoms with Crippen LogP contribution in [0.2, 0.25) is 15.1 Å². The molecule has 2 N–H and O–H groups in total. The van der Waals surface area contributed by atoms with Gasteiger partial charge in [0.15, 0.2) is 5.82 Å². The molecule has 32 heavy (non-hydrogen) atoms. The van der Waals surface area contributed by atoms with Crippen LogP contribution in [-0.2, 0) is 12.6 Å². The van der Waals surface area contributed by atoms with Crippen LogP contribution in [0.4, 0.5) is 35.4 Å². The summed E-state index contributed by atoms with van der Waals surface area (Å²) < 4.78 is 40.7. The van der Waals surface area contributed by atoms with Crippen molar-refractivity contribution >= 4 is 58.3 Å². The van der Waals surface area contributed by atoms with Crippen LogP contribution < -0.4 is 10.2 Å². The maximum absolute atomic E-state index is 13.6. The summed E-state index contributed by atoms with van der Waals surface area (Å²) in [6, 6.07) is 11.1. The molecule has 0 aliphatic heterocycles. The third-order valence-corrected chi connectivity index (χ3v) is 5.41. The number of rotatable bonds is 6. The van der Waals surface area contributed by atoms with Gasteiger partial charge in [0, 0.05) is 23.5 Å². The van der Waals surface area contributed by atoms with Crippen molar-refractivity contribution in [3.05, 3.63) is 74.9 Å². The second-order valence-corrected chi connectivity index (χ2v) is 7.68. The van der Waals surface area contributed by atoms with Crippen LogP contribution in [0.25, 0.3) is 0 Å². The first-order valence-electron chi connectivity index (χ1n) is 8.96. The van der Waals surface area contributed by atoms with Crippen LogP contribution in [-0.4, -0.2) is 27.7 Å². The van der Waals surface area contributed by atoms with E-state index in [-0.39, 0.29) is 29.0 Å². The highest BCUT2D eigenvalue weighted by atomic mass is 35.5. The summed E-state index contributed by atoms with van der Waals surface area (Å²) in [5.74, 6) is -1.06. The lowest BCUT2D eigenvalue weighted by Crippen LogP contribution is -2.34. The molecule has 2 aromatic carbocycles. The minimum atomic E-state index is -4.88. The SMILES string of the molecule is O=C(O)N(CCc1ccccc1Cl)c1nc(Nc2ccc(Cl)c(Cl)c2)ncc1C(F)(F)F. The van der Waals surface area contributed by atoms with E-state index in [4.69, 9.17) is 34.8 Å². The first kappa shape index (κ1) is 23.9. The Morgan fingerprint density at radius 3 is 2.41 bits per heavy atom. The fraction of sp³-hybridized carbons (Fsp3) is 0.150. The number of anilines is 3. The molecule has 0 fully saturated rings. The molecule has 0 atom stereocenters. The summed E-state index contributed by atoms with van der Waals surface area (Å²) in [6.07, 6.45) is -5.90. The Bertz CT molecular complexity index is 1150. The van der Waals surface area contributed by atoms with E-state index in [2.05, 4.69) is 15.3 Å². The van der Waals surface area contributed by atoms with Crippen LogP contribution in [0, 0.1) is 0 Å². The number of nitrogens with zero attached hydrogens (tertiary/aromatic N) is 3. The second kappa shape index (κ2) is 9.81. The number of alkyl halides is 3. The molecule has 0 aliphatic rings. The number of nitrogens with one attached hydrogen (secondary N) is 1. The molecule has 6 nitrogen and oxygen atoms in total. The van der Waals surface area contributed by atoms with Crippen LogP contribution in [0.15, 0.2) is 48.7 Å². The number of hydrogen-bond donors (Lipinski definition) is 2. The fourth-order valence-electron chi connectivity index (χ4n) is 2.77. The Morgan fingerprint density at radius 2 is 1.78 bits per heavy atom. The molecule has 0 bridgehead atoms. The minimum Gasteiger partial charge on any atom is -0.465 e. The predicted octanol–water partition coefficient (Wildman–Crippen LogP) is 6.93. The first-order chi connectivity index (χ1) is 15.1. The fourth-order valence-corrected chi connectivity index (χ4v) is 3.30. The summed E-state index contributed by atoms with van der Waals surface area (Å²) in [5.41, 5.74) is -0.362. The Balaban J connectivity index is 1.97. The lowest BCUT2D eigenvalue weighted by atomic mass is 10.1. The highest BCUT2D eigenvalue weighted by molar-refractivity contribution is 6.42. The van der Waals surface area contributed by atoms with Gasteiger partial charge in [-0.2, -0.15) is 18.2 Å². The van der Waals surface area contributed by atoms with Gasteiger partial charge in [-0.1, -0.05) is 53.0 Å². The maximum Gasteiger partial charge on any atom is 0.421 e. The van der Waals surface area contributed by atoms with Crippen molar-refractivity contribution in [2.24, 2.45) is 0 Å². The molecule has 0 aliphatic carbocycles. The summed E-state index contributed by atoms with van der Waals surface area (Å²) >= 11 is 17.9. The summed E-state index contributed by atoms with van der Waals surface area (Å²) in [4.78, 5) is 19.9. The first-order valence-corrected chi connectivity index (χ1v) is 10.1. The predicted molar refractivity (Wildman–Crippen MR) is 117 cm³/mol. The number of benzene rings is 2. The molecule has 0 unspecified atom stereocenters. The third-order valence-electron chi connectivity index (χ3n) is 4.30. The van der Waals surface area contributed by atoms with Crippen molar-refractivity contribution in [3.8, 4) is 0 Å². The average Bonchev–Trinajstić information content (AvgIpc) is 2.71. The van der Waals surface area contributed by atoms with E-state index in [1.165, 1.54) is 18.2 Å². The number of carbonyl (C=O) groups is 1. The molecule has 1 amide bonds. The molecular weight excluding hydrogens is 492 g/mol. The number of hydrogen-bond acceptors (Lipinski definition) is 4. The zero-order chi connectivity index (χ0) is 23.5.